The molecule has 0 bridgehead atoms. The molecule has 0 amide bonds. The van der Waals surface area contributed by atoms with Crippen LogP contribution in [0.4, 0.5) is 0 Å². The fraction of sp³-hybridized carbons (Fsp3) is 0. The van der Waals surface area contributed by atoms with E-state index in [1.54, 1.807) is 0 Å². The minimum atomic E-state index is 0.610. The summed E-state index contributed by atoms with van der Waals surface area (Å²) in [5.41, 5.74) is 19.0. The third-order valence-corrected chi connectivity index (χ3v) is 12.9. The van der Waals surface area contributed by atoms with Gasteiger partial charge in [0.1, 0.15) is 0 Å². The van der Waals surface area contributed by atoms with Crippen molar-refractivity contribution in [2.45, 2.75) is 0 Å². The summed E-state index contributed by atoms with van der Waals surface area (Å²) in [6.07, 6.45) is 0. The predicted octanol–water partition coefficient (Wildman–Crippen LogP) is 17.0. The van der Waals surface area contributed by atoms with Crippen molar-refractivity contribution >= 4 is 0 Å². The lowest BCUT2D eigenvalue weighted by molar-refractivity contribution is 1.07. The van der Waals surface area contributed by atoms with Crippen molar-refractivity contribution < 1.29 is 0 Å². The van der Waals surface area contributed by atoms with Crippen molar-refractivity contribution in [3.8, 4) is 124 Å². The Morgan fingerprint density at radius 2 is 0.375 bits per heavy atom. The van der Waals surface area contributed by atoms with Gasteiger partial charge in [0.2, 0.25) is 0 Å². The molecule has 0 aliphatic heterocycles. The van der Waals surface area contributed by atoms with Crippen LogP contribution in [0.15, 0.2) is 273 Å². The van der Waals surface area contributed by atoms with E-state index < -0.39 is 0 Å². The van der Waals surface area contributed by atoms with Crippen LogP contribution in [0.2, 0.25) is 0 Å². The van der Waals surface area contributed by atoms with Crippen LogP contribution in [0.25, 0.3) is 124 Å². The van der Waals surface area contributed by atoms with E-state index in [9.17, 15) is 0 Å². The number of nitrogens with zero attached hydrogens (tertiary/aromatic N) is 5. The first kappa shape index (κ1) is 43.6. The topological polar surface area (TPSA) is 64.5 Å². The second-order valence-electron chi connectivity index (χ2n) is 17.7. The van der Waals surface area contributed by atoms with Gasteiger partial charge in [-0.3, -0.25) is 0 Å². The van der Waals surface area contributed by atoms with Gasteiger partial charge in [0.15, 0.2) is 17.5 Å². The molecule has 0 aliphatic carbocycles. The highest BCUT2D eigenvalue weighted by Gasteiger charge is 2.17. The molecule has 12 aromatic rings. The third kappa shape index (κ3) is 9.38. The number of hydrogen-bond acceptors (Lipinski definition) is 5. The fourth-order valence-electron chi connectivity index (χ4n) is 9.21. The highest BCUT2D eigenvalue weighted by Crippen LogP contribution is 2.39. The van der Waals surface area contributed by atoms with E-state index >= 15 is 0 Å². The van der Waals surface area contributed by atoms with Gasteiger partial charge in [-0.05, 0) is 99.1 Å². The first-order valence-electron chi connectivity index (χ1n) is 24.1. The minimum Gasteiger partial charge on any atom is -0.248 e. The van der Waals surface area contributed by atoms with Gasteiger partial charge in [-0.2, -0.15) is 0 Å². The Kier molecular flexibility index (Phi) is 11.9. The van der Waals surface area contributed by atoms with Crippen LogP contribution in [0.1, 0.15) is 0 Å². The molecular weight excluding hydrogens is 875 g/mol. The second-order valence-corrected chi connectivity index (χ2v) is 17.7. The maximum atomic E-state index is 5.42. The molecule has 72 heavy (non-hydrogen) atoms. The van der Waals surface area contributed by atoms with Crippen LogP contribution in [-0.4, -0.2) is 24.9 Å². The van der Waals surface area contributed by atoms with Crippen LogP contribution >= 0.6 is 0 Å². The molecule has 0 saturated heterocycles. The Bertz CT molecular complexity index is 3510. The smallest absolute Gasteiger partial charge is 0.164 e. The largest absolute Gasteiger partial charge is 0.248 e. The maximum Gasteiger partial charge on any atom is 0.164 e. The Morgan fingerprint density at radius 1 is 0.139 bits per heavy atom. The zero-order valence-electron chi connectivity index (χ0n) is 39.2. The van der Waals surface area contributed by atoms with Crippen molar-refractivity contribution in [2.24, 2.45) is 0 Å². The lowest BCUT2D eigenvalue weighted by Gasteiger charge is -2.15. The molecule has 0 aliphatic rings. The maximum absolute atomic E-state index is 5.42. The van der Waals surface area contributed by atoms with Crippen LogP contribution in [-0.2, 0) is 0 Å². The van der Waals surface area contributed by atoms with E-state index in [-0.39, 0.29) is 0 Å². The zero-order chi connectivity index (χ0) is 48.1. The lowest BCUT2D eigenvalue weighted by Crippen LogP contribution is -2.00. The first-order chi connectivity index (χ1) is 35.6. The van der Waals surface area contributed by atoms with E-state index in [4.69, 9.17) is 24.9 Å². The number of benzene rings is 9. The monoisotopic (exact) mass is 919 g/mol. The highest BCUT2D eigenvalue weighted by molar-refractivity contribution is 5.86. The molecule has 338 valence electrons. The van der Waals surface area contributed by atoms with Crippen molar-refractivity contribution in [2.75, 3.05) is 0 Å². The fourth-order valence-corrected chi connectivity index (χ4v) is 9.21. The van der Waals surface area contributed by atoms with E-state index in [2.05, 4.69) is 200 Å². The molecule has 3 heterocycles. The second kappa shape index (κ2) is 19.7. The van der Waals surface area contributed by atoms with Gasteiger partial charge in [0.05, 0.1) is 22.8 Å². The summed E-state index contributed by atoms with van der Waals surface area (Å²) in [5.74, 6) is 1.86. The predicted molar refractivity (Wildman–Crippen MR) is 295 cm³/mol. The molecule has 5 heteroatoms. The van der Waals surface area contributed by atoms with Gasteiger partial charge in [0, 0.05) is 38.9 Å². The first-order valence-corrected chi connectivity index (χ1v) is 24.1. The van der Waals surface area contributed by atoms with Gasteiger partial charge in [-0.1, -0.05) is 218 Å². The zero-order valence-corrected chi connectivity index (χ0v) is 39.2. The Balaban J connectivity index is 1.02. The molecule has 0 radical (unpaired) electrons. The average Bonchev–Trinajstić information content (AvgIpc) is 3.48. The summed E-state index contributed by atoms with van der Waals surface area (Å²) in [6.45, 7) is 0. The Hall–Kier alpha value is -9.71. The molecule has 9 aromatic carbocycles. The standard InChI is InChI=1S/C67H45N5/c1-7-21-46(22-8-1)57-42-61(48-25-11-3-12-26-48)68-63(44-57)59-39-56(40-60(41-59)64-45-58(47-23-9-2-10-24-47)43-62(69-64)49-27-13-4-14-28-49)54-35-19-33-52(37-54)53-34-20-36-55(38-53)67-71-65(50-29-15-5-16-30-50)70-66(72-67)51-31-17-6-18-32-51/h1-45H. The van der Waals surface area contributed by atoms with Crippen molar-refractivity contribution in [3.05, 3.63) is 273 Å². The molecule has 3 aromatic heterocycles. The summed E-state index contributed by atoms with van der Waals surface area (Å²) >= 11 is 0. The van der Waals surface area contributed by atoms with E-state index in [0.717, 1.165) is 106 Å². The number of pyridine rings is 2. The summed E-state index contributed by atoms with van der Waals surface area (Å²) < 4.78 is 0. The molecule has 0 unspecified atom stereocenters. The summed E-state index contributed by atoms with van der Waals surface area (Å²) in [5, 5.41) is 0. The molecule has 0 N–H and O–H groups in total. The SMILES string of the molecule is c1ccc(-c2cc(-c3ccccc3)nc(-c3cc(-c4cccc(-c5cccc(-c6nc(-c7ccccc7)nc(-c7ccccc7)n6)c5)c4)cc(-c4cc(-c5ccccc5)cc(-c5ccccc5)n4)c3)c2)cc1. The van der Waals surface area contributed by atoms with E-state index in [1.807, 2.05) is 72.8 Å². The van der Waals surface area contributed by atoms with E-state index in [0.29, 0.717) is 17.5 Å². The van der Waals surface area contributed by atoms with Gasteiger partial charge >= 0.3 is 0 Å². The van der Waals surface area contributed by atoms with Crippen molar-refractivity contribution in [3.63, 3.8) is 0 Å². The van der Waals surface area contributed by atoms with Crippen LogP contribution < -0.4 is 0 Å². The molecule has 0 spiro atoms. The molecule has 0 saturated carbocycles. The normalized spacial score (nSPS) is 11.1. The van der Waals surface area contributed by atoms with Gasteiger partial charge in [-0.15, -0.1) is 0 Å². The third-order valence-electron chi connectivity index (χ3n) is 12.9. The number of aromatic nitrogens is 5. The summed E-state index contributed by atoms with van der Waals surface area (Å²) in [7, 11) is 0. The molecule has 0 atom stereocenters. The van der Waals surface area contributed by atoms with Gasteiger partial charge in [0.25, 0.3) is 0 Å². The van der Waals surface area contributed by atoms with Crippen LogP contribution in [0.5, 0.6) is 0 Å². The summed E-state index contributed by atoms with van der Waals surface area (Å²) in [6, 6.07) is 94.9. The number of rotatable bonds is 11. The van der Waals surface area contributed by atoms with Gasteiger partial charge in [-0.25, -0.2) is 24.9 Å². The van der Waals surface area contributed by atoms with E-state index in [1.165, 1.54) is 0 Å². The molecule has 12 rings (SSSR count). The quantitative estimate of drug-likeness (QED) is 0.129. The van der Waals surface area contributed by atoms with Crippen LogP contribution in [0, 0.1) is 0 Å². The van der Waals surface area contributed by atoms with Gasteiger partial charge < -0.3 is 0 Å². The lowest BCUT2D eigenvalue weighted by atomic mass is 9.92. The Morgan fingerprint density at radius 3 is 0.764 bits per heavy atom. The van der Waals surface area contributed by atoms with Crippen molar-refractivity contribution in [1.29, 1.82) is 0 Å². The molecular formula is C67H45N5. The van der Waals surface area contributed by atoms with Crippen LogP contribution in [0.3, 0.4) is 0 Å². The minimum absolute atomic E-state index is 0.610. The molecule has 5 nitrogen and oxygen atoms in total. The Labute approximate surface area is 419 Å². The summed E-state index contributed by atoms with van der Waals surface area (Å²) in [4.78, 5) is 25.9. The number of hydrogen-bond donors (Lipinski definition) is 0. The average molecular weight is 920 g/mol. The molecule has 0 fully saturated rings. The van der Waals surface area contributed by atoms with Crippen molar-refractivity contribution in [1.82, 2.24) is 24.9 Å². The highest BCUT2D eigenvalue weighted by atomic mass is 15.0.